The van der Waals surface area contributed by atoms with Gasteiger partial charge in [-0.3, -0.25) is 0 Å². The molecule has 6 heteroatoms. The molecular formula is C6H13N3O2S. The van der Waals surface area contributed by atoms with E-state index >= 15 is 0 Å². The van der Waals surface area contributed by atoms with Crippen molar-refractivity contribution in [2.45, 2.75) is 13.3 Å². The predicted molar refractivity (Wildman–Crippen MR) is 45.5 cm³/mol. The van der Waals surface area contributed by atoms with Gasteiger partial charge in [-0.15, -0.1) is 0 Å². The van der Waals surface area contributed by atoms with Crippen LogP contribution in [0.4, 0.5) is 0 Å². The molecule has 0 atom stereocenters. The van der Waals surface area contributed by atoms with Crippen LogP contribution < -0.4 is 4.72 Å². The Bertz CT molecular complexity index is 254. The van der Waals surface area contributed by atoms with E-state index in [1.807, 2.05) is 6.07 Å². The Morgan fingerprint density at radius 2 is 2.17 bits per heavy atom. The van der Waals surface area contributed by atoms with Crippen LogP contribution in [-0.4, -0.2) is 32.9 Å². The third kappa shape index (κ3) is 3.67. The highest BCUT2D eigenvalue weighted by molar-refractivity contribution is 7.87. The molecule has 5 nitrogen and oxygen atoms in total. The Hall–Kier alpha value is -0.640. The van der Waals surface area contributed by atoms with Crippen LogP contribution in [-0.2, 0) is 10.2 Å². The van der Waals surface area contributed by atoms with Gasteiger partial charge in [-0.25, -0.2) is 4.72 Å². The molecule has 0 unspecified atom stereocenters. The molecule has 1 N–H and O–H groups in total. The number of nitrogens with zero attached hydrogens (tertiary/aromatic N) is 2. The summed E-state index contributed by atoms with van der Waals surface area (Å²) < 4.78 is 25.7. The summed E-state index contributed by atoms with van der Waals surface area (Å²) in [7, 11) is -1.91. The molecule has 0 spiro atoms. The molecule has 0 saturated carbocycles. The van der Waals surface area contributed by atoms with Crippen molar-refractivity contribution in [1.29, 1.82) is 5.26 Å². The molecule has 0 aliphatic carbocycles. The van der Waals surface area contributed by atoms with Crippen LogP contribution in [0.25, 0.3) is 0 Å². The summed E-state index contributed by atoms with van der Waals surface area (Å²) in [6.45, 7) is 2.29. The summed E-state index contributed by atoms with van der Waals surface area (Å²) in [5.41, 5.74) is 0. The molecule has 0 aromatic rings. The van der Waals surface area contributed by atoms with E-state index in [9.17, 15) is 8.42 Å². The summed E-state index contributed by atoms with van der Waals surface area (Å²) in [4.78, 5) is 0. The Labute approximate surface area is 73.2 Å². The van der Waals surface area contributed by atoms with Crippen molar-refractivity contribution in [3.63, 3.8) is 0 Å². The Kier molecular flexibility index (Phi) is 4.81. The zero-order valence-corrected chi connectivity index (χ0v) is 8.06. The first-order valence-corrected chi connectivity index (χ1v) is 5.06. The number of nitrogens with one attached hydrogen (secondary N) is 1. The Morgan fingerprint density at radius 1 is 1.58 bits per heavy atom. The number of hydrogen-bond donors (Lipinski definition) is 1. The first kappa shape index (κ1) is 11.4. The molecule has 0 aromatic heterocycles. The molecule has 0 aromatic carbocycles. The summed E-state index contributed by atoms with van der Waals surface area (Å²) in [6, 6.07) is 1.88. The van der Waals surface area contributed by atoms with Crippen LogP contribution in [0.15, 0.2) is 0 Å². The van der Waals surface area contributed by atoms with Gasteiger partial charge in [0.05, 0.1) is 6.07 Å². The second-order valence-corrected chi connectivity index (χ2v) is 4.09. The summed E-state index contributed by atoms with van der Waals surface area (Å²) in [5, 5.41) is 8.22. The number of rotatable bonds is 5. The molecule has 0 amide bonds. The zero-order chi connectivity index (χ0) is 9.61. The normalized spacial score (nSPS) is 11.5. The van der Waals surface area contributed by atoms with Gasteiger partial charge >= 0.3 is 0 Å². The van der Waals surface area contributed by atoms with E-state index < -0.39 is 10.2 Å². The lowest BCUT2D eigenvalue weighted by atomic mass is 10.5. The van der Waals surface area contributed by atoms with E-state index in [2.05, 4.69) is 4.72 Å². The largest absolute Gasteiger partial charge is 0.279 e. The molecule has 0 heterocycles. The van der Waals surface area contributed by atoms with Gasteiger partial charge < -0.3 is 0 Å². The van der Waals surface area contributed by atoms with Crippen LogP contribution in [0.5, 0.6) is 0 Å². The fraction of sp³-hybridized carbons (Fsp3) is 0.833. The average Bonchev–Trinajstić information content (AvgIpc) is 2.00. The van der Waals surface area contributed by atoms with E-state index in [4.69, 9.17) is 5.26 Å². The van der Waals surface area contributed by atoms with E-state index in [0.29, 0.717) is 6.54 Å². The maximum absolute atomic E-state index is 11.1. The topological polar surface area (TPSA) is 73.2 Å². The maximum atomic E-state index is 11.1. The van der Waals surface area contributed by atoms with Gasteiger partial charge in [0.25, 0.3) is 10.2 Å². The Morgan fingerprint density at radius 3 is 2.58 bits per heavy atom. The Balaban J connectivity index is 4.09. The predicted octanol–water partition coefficient (Wildman–Crippen LogP) is -0.314. The van der Waals surface area contributed by atoms with Crippen molar-refractivity contribution in [3.8, 4) is 6.07 Å². The number of hydrogen-bond acceptors (Lipinski definition) is 3. The fourth-order valence-electron chi connectivity index (χ4n) is 0.620. The van der Waals surface area contributed by atoms with Gasteiger partial charge in [0.15, 0.2) is 0 Å². The van der Waals surface area contributed by atoms with Gasteiger partial charge in [-0.05, 0) is 0 Å². The summed E-state index contributed by atoms with van der Waals surface area (Å²) in [5.74, 6) is 0. The second kappa shape index (κ2) is 5.09. The molecular weight excluding hydrogens is 178 g/mol. The molecule has 0 fully saturated rings. The van der Waals surface area contributed by atoms with Crippen molar-refractivity contribution in [2.75, 3.05) is 20.1 Å². The van der Waals surface area contributed by atoms with Gasteiger partial charge in [0.1, 0.15) is 0 Å². The van der Waals surface area contributed by atoms with E-state index in [0.717, 1.165) is 4.31 Å². The zero-order valence-electron chi connectivity index (χ0n) is 7.24. The minimum Gasteiger partial charge on any atom is -0.202 e. The monoisotopic (exact) mass is 191 g/mol. The molecule has 70 valence electrons. The van der Waals surface area contributed by atoms with Crippen LogP contribution in [0.3, 0.4) is 0 Å². The van der Waals surface area contributed by atoms with Crippen LogP contribution >= 0.6 is 0 Å². The third-order valence-electron chi connectivity index (χ3n) is 1.28. The number of nitriles is 1. The van der Waals surface area contributed by atoms with Crippen LogP contribution in [0, 0.1) is 11.3 Å². The maximum Gasteiger partial charge on any atom is 0.279 e. The van der Waals surface area contributed by atoms with Crippen molar-refractivity contribution >= 4 is 10.2 Å². The van der Waals surface area contributed by atoms with Crippen LogP contribution in [0.1, 0.15) is 13.3 Å². The lowest BCUT2D eigenvalue weighted by Crippen LogP contribution is -2.38. The highest BCUT2D eigenvalue weighted by atomic mass is 32.2. The molecule has 0 saturated heterocycles. The smallest absolute Gasteiger partial charge is 0.202 e. The molecule has 0 bridgehead atoms. The van der Waals surface area contributed by atoms with Crippen LogP contribution in [0.2, 0.25) is 0 Å². The quantitative estimate of drug-likeness (QED) is 0.647. The van der Waals surface area contributed by atoms with E-state index in [1.54, 1.807) is 6.92 Å². The van der Waals surface area contributed by atoms with Crippen molar-refractivity contribution < 1.29 is 8.42 Å². The van der Waals surface area contributed by atoms with E-state index in [-0.39, 0.29) is 13.0 Å². The highest BCUT2D eigenvalue weighted by Gasteiger charge is 2.14. The van der Waals surface area contributed by atoms with Crippen molar-refractivity contribution in [1.82, 2.24) is 9.03 Å². The van der Waals surface area contributed by atoms with Crippen molar-refractivity contribution in [3.05, 3.63) is 0 Å². The minimum absolute atomic E-state index is 0.209. The standard InChI is InChI=1S/C6H13N3O2S/c1-3-8-12(10,11)9(2)6-4-5-7/h8H,3-4,6H2,1-2H3. The van der Waals surface area contributed by atoms with Gasteiger partial charge in [0.2, 0.25) is 0 Å². The first-order chi connectivity index (χ1) is 5.54. The minimum atomic E-state index is -3.35. The average molecular weight is 191 g/mol. The molecule has 0 radical (unpaired) electrons. The SMILES string of the molecule is CCNS(=O)(=O)N(C)CCC#N. The first-order valence-electron chi connectivity index (χ1n) is 3.62. The lowest BCUT2D eigenvalue weighted by molar-refractivity contribution is 0.466. The lowest BCUT2D eigenvalue weighted by Gasteiger charge is -2.14. The third-order valence-corrected chi connectivity index (χ3v) is 2.93. The second-order valence-electron chi connectivity index (χ2n) is 2.23. The molecule has 12 heavy (non-hydrogen) atoms. The molecule has 0 aliphatic rings. The van der Waals surface area contributed by atoms with Gasteiger partial charge in [0, 0.05) is 26.6 Å². The highest BCUT2D eigenvalue weighted by Crippen LogP contribution is 1.93. The molecule has 0 rings (SSSR count). The van der Waals surface area contributed by atoms with Crippen molar-refractivity contribution in [2.24, 2.45) is 0 Å². The summed E-state index contributed by atoms with van der Waals surface area (Å²) >= 11 is 0. The van der Waals surface area contributed by atoms with E-state index in [1.165, 1.54) is 7.05 Å². The fourth-order valence-corrected chi connectivity index (χ4v) is 1.54. The van der Waals surface area contributed by atoms with Gasteiger partial charge in [-0.1, -0.05) is 6.92 Å². The summed E-state index contributed by atoms with van der Waals surface area (Å²) in [6.07, 6.45) is 0.209. The van der Waals surface area contributed by atoms with Gasteiger partial charge in [-0.2, -0.15) is 18.0 Å². The molecule has 0 aliphatic heterocycles.